The number of halogens is 1. The quantitative estimate of drug-likeness (QED) is 0.737. The molecule has 0 atom stereocenters. The van der Waals surface area contributed by atoms with E-state index < -0.39 is 10.0 Å². The molecule has 2 aromatic carbocycles. The maximum Gasteiger partial charge on any atom is 0.240 e. The summed E-state index contributed by atoms with van der Waals surface area (Å²) < 4.78 is 25.6. The van der Waals surface area contributed by atoms with Crippen molar-refractivity contribution in [3.63, 3.8) is 0 Å². The first kappa shape index (κ1) is 15.6. The summed E-state index contributed by atoms with van der Waals surface area (Å²) in [6.45, 7) is 0.569. The van der Waals surface area contributed by atoms with Crippen molar-refractivity contribution in [3.8, 4) is 0 Å². The molecule has 0 fully saturated rings. The third-order valence-corrected chi connectivity index (χ3v) is 4.66. The number of rotatable bonds is 5. The number of anilines is 2. The molecular weight excluding hydrogens is 310 g/mol. The van der Waals surface area contributed by atoms with E-state index in [2.05, 4.69) is 10.0 Å². The second-order valence-electron chi connectivity index (χ2n) is 4.44. The monoisotopic (exact) mass is 325 g/mol. The molecule has 0 aliphatic carbocycles. The Morgan fingerprint density at radius 2 is 1.81 bits per heavy atom. The fourth-order valence-corrected chi connectivity index (χ4v) is 2.68. The van der Waals surface area contributed by atoms with E-state index in [0.29, 0.717) is 22.9 Å². The van der Waals surface area contributed by atoms with Gasteiger partial charge in [0.1, 0.15) is 0 Å². The van der Waals surface area contributed by atoms with Crippen LogP contribution in [-0.2, 0) is 16.6 Å². The zero-order valence-electron chi connectivity index (χ0n) is 11.4. The van der Waals surface area contributed by atoms with E-state index in [1.807, 2.05) is 24.3 Å². The van der Waals surface area contributed by atoms with Gasteiger partial charge in [-0.1, -0.05) is 23.7 Å². The Labute approximate surface area is 129 Å². The highest BCUT2D eigenvalue weighted by Crippen LogP contribution is 2.23. The van der Waals surface area contributed by atoms with Crippen LogP contribution in [0.1, 0.15) is 5.56 Å². The predicted octanol–water partition coefficient (Wildman–Crippen LogP) is 2.44. The Bertz CT molecular complexity index is 730. The van der Waals surface area contributed by atoms with Crippen LogP contribution in [0, 0.1) is 0 Å². The van der Waals surface area contributed by atoms with E-state index in [-0.39, 0.29) is 4.90 Å². The smallest absolute Gasteiger partial charge is 0.240 e. The van der Waals surface area contributed by atoms with Crippen LogP contribution in [0.15, 0.2) is 47.4 Å². The van der Waals surface area contributed by atoms with Gasteiger partial charge < -0.3 is 11.1 Å². The van der Waals surface area contributed by atoms with Crippen LogP contribution >= 0.6 is 11.6 Å². The largest absolute Gasteiger partial charge is 0.397 e. The summed E-state index contributed by atoms with van der Waals surface area (Å²) in [6.07, 6.45) is 0. The fourth-order valence-electron chi connectivity index (χ4n) is 1.79. The van der Waals surface area contributed by atoms with Crippen molar-refractivity contribution in [2.45, 2.75) is 11.4 Å². The first-order valence-corrected chi connectivity index (χ1v) is 8.10. The Hall–Kier alpha value is -1.76. The molecule has 4 N–H and O–H groups in total. The van der Waals surface area contributed by atoms with E-state index in [1.165, 1.54) is 19.2 Å². The van der Waals surface area contributed by atoms with Crippen molar-refractivity contribution in [3.05, 3.63) is 53.1 Å². The molecule has 0 bridgehead atoms. The van der Waals surface area contributed by atoms with Crippen LogP contribution in [0.2, 0.25) is 5.02 Å². The number of hydrogen-bond acceptors (Lipinski definition) is 4. The molecule has 0 aliphatic rings. The molecule has 2 aromatic rings. The molecule has 0 amide bonds. The summed E-state index contributed by atoms with van der Waals surface area (Å²) in [5.41, 5.74) is 7.99. The molecule has 2 rings (SSSR count). The van der Waals surface area contributed by atoms with Crippen LogP contribution in [0.25, 0.3) is 0 Å². The van der Waals surface area contributed by atoms with Gasteiger partial charge in [0.2, 0.25) is 10.0 Å². The van der Waals surface area contributed by atoms with Crippen LogP contribution in [-0.4, -0.2) is 15.5 Å². The highest BCUT2D eigenvalue weighted by molar-refractivity contribution is 7.89. The van der Waals surface area contributed by atoms with E-state index in [4.69, 9.17) is 17.3 Å². The van der Waals surface area contributed by atoms with Gasteiger partial charge in [0.15, 0.2) is 0 Å². The van der Waals surface area contributed by atoms with Gasteiger partial charge in [0.05, 0.1) is 16.3 Å². The van der Waals surface area contributed by atoms with E-state index in [1.54, 1.807) is 6.07 Å². The molecule has 0 unspecified atom stereocenters. The number of nitrogen functional groups attached to an aromatic ring is 1. The summed E-state index contributed by atoms with van der Waals surface area (Å²) in [5, 5.41) is 3.84. The maximum absolute atomic E-state index is 11.7. The van der Waals surface area contributed by atoms with Crippen molar-refractivity contribution < 1.29 is 8.42 Å². The minimum atomic E-state index is -3.48. The molecule has 7 heteroatoms. The lowest BCUT2D eigenvalue weighted by molar-refractivity contribution is 0.588. The third-order valence-electron chi connectivity index (χ3n) is 3.00. The Balaban J connectivity index is 2.13. The predicted molar refractivity (Wildman–Crippen MR) is 85.9 cm³/mol. The highest BCUT2D eigenvalue weighted by atomic mass is 35.5. The van der Waals surface area contributed by atoms with E-state index in [0.717, 1.165) is 5.56 Å². The van der Waals surface area contributed by atoms with Crippen LogP contribution in [0.5, 0.6) is 0 Å². The first-order chi connectivity index (χ1) is 9.92. The Morgan fingerprint density at radius 1 is 1.14 bits per heavy atom. The van der Waals surface area contributed by atoms with E-state index in [9.17, 15) is 8.42 Å². The van der Waals surface area contributed by atoms with Crippen molar-refractivity contribution >= 4 is 33.0 Å². The Kier molecular flexibility index (Phi) is 4.72. The number of nitrogens with one attached hydrogen (secondary N) is 2. The van der Waals surface area contributed by atoms with Gasteiger partial charge in [-0.05, 0) is 42.9 Å². The number of hydrogen-bond donors (Lipinski definition) is 3. The molecule has 0 saturated carbocycles. The average molecular weight is 326 g/mol. The standard InChI is InChI=1S/C14H16ClN3O2S/c1-17-21(19,20)12-6-7-14(13(16)8-12)18-9-10-2-4-11(15)5-3-10/h2-8,17-18H,9,16H2,1H3. The van der Waals surface area contributed by atoms with Gasteiger partial charge in [-0.3, -0.25) is 0 Å². The SMILES string of the molecule is CNS(=O)(=O)c1ccc(NCc2ccc(Cl)cc2)c(N)c1. The number of nitrogens with two attached hydrogens (primary N) is 1. The molecule has 0 saturated heterocycles. The summed E-state index contributed by atoms with van der Waals surface area (Å²) >= 11 is 5.82. The summed E-state index contributed by atoms with van der Waals surface area (Å²) in [6, 6.07) is 12.0. The molecule has 0 spiro atoms. The van der Waals surface area contributed by atoms with Crippen molar-refractivity contribution in [2.24, 2.45) is 0 Å². The van der Waals surface area contributed by atoms with Crippen LogP contribution in [0.3, 0.4) is 0 Å². The molecule has 0 aliphatic heterocycles. The van der Waals surface area contributed by atoms with Gasteiger partial charge in [-0.15, -0.1) is 0 Å². The number of benzene rings is 2. The lowest BCUT2D eigenvalue weighted by atomic mass is 10.2. The zero-order valence-corrected chi connectivity index (χ0v) is 13.0. The van der Waals surface area contributed by atoms with Crippen LogP contribution in [0.4, 0.5) is 11.4 Å². The molecular formula is C14H16ClN3O2S. The lowest BCUT2D eigenvalue weighted by Crippen LogP contribution is -2.18. The summed E-state index contributed by atoms with van der Waals surface area (Å²) in [5.74, 6) is 0. The average Bonchev–Trinajstić information content (AvgIpc) is 2.47. The van der Waals surface area contributed by atoms with Crippen molar-refractivity contribution in [1.29, 1.82) is 0 Å². The molecule has 5 nitrogen and oxygen atoms in total. The molecule has 0 radical (unpaired) electrons. The molecule has 0 aromatic heterocycles. The minimum Gasteiger partial charge on any atom is -0.397 e. The minimum absolute atomic E-state index is 0.138. The molecule has 0 heterocycles. The second-order valence-corrected chi connectivity index (χ2v) is 6.76. The first-order valence-electron chi connectivity index (χ1n) is 6.24. The Morgan fingerprint density at radius 3 is 2.38 bits per heavy atom. The van der Waals surface area contributed by atoms with Gasteiger partial charge in [-0.2, -0.15) is 0 Å². The van der Waals surface area contributed by atoms with Gasteiger partial charge in [-0.25, -0.2) is 13.1 Å². The normalized spacial score (nSPS) is 11.3. The number of sulfonamides is 1. The maximum atomic E-state index is 11.7. The highest BCUT2D eigenvalue weighted by Gasteiger charge is 2.12. The van der Waals surface area contributed by atoms with Crippen molar-refractivity contribution in [2.75, 3.05) is 18.1 Å². The summed E-state index contributed by atoms with van der Waals surface area (Å²) in [7, 11) is -2.12. The van der Waals surface area contributed by atoms with Gasteiger partial charge in [0, 0.05) is 11.6 Å². The van der Waals surface area contributed by atoms with Crippen LogP contribution < -0.4 is 15.8 Å². The lowest BCUT2D eigenvalue weighted by Gasteiger charge is -2.11. The molecule has 112 valence electrons. The molecule has 21 heavy (non-hydrogen) atoms. The van der Waals surface area contributed by atoms with Gasteiger partial charge in [0.25, 0.3) is 0 Å². The topological polar surface area (TPSA) is 84.2 Å². The van der Waals surface area contributed by atoms with Crippen molar-refractivity contribution in [1.82, 2.24) is 4.72 Å². The zero-order chi connectivity index (χ0) is 15.5. The van der Waals surface area contributed by atoms with E-state index >= 15 is 0 Å². The third kappa shape index (κ3) is 3.87. The fraction of sp³-hybridized carbons (Fsp3) is 0.143. The summed E-state index contributed by atoms with van der Waals surface area (Å²) in [4.78, 5) is 0.138. The van der Waals surface area contributed by atoms with Gasteiger partial charge >= 0.3 is 0 Å². The second kappa shape index (κ2) is 6.34.